The quantitative estimate of drug-likeness (QED) is 0.735. The molecule has 1 aromatic carbocycles. The topological polar surface area (TPSA) is 53.1 Å². The summed E-state index contributed by atoms with van der Waals surface area (Å²) in [5.41, 5.74) is 1.93. The van der Waals surface area contributed by atoms with Crippen molar-refractivity contribution in [3.05, 3.63) is 23.8 Å². The van der Waals surface area contributed by atoms with Gasteiger partial charge in [0.1, 0.15) is 5.75 Å². The number of carbonyl (C=O) groups is 2. The molecule has 2 aliphatic rings. The van der Waals surface area contributed by atoms with E-state index in [1.807, 2.05) is 17.0 Å². The number of carbonyl (C=O) groups excluding carboxylic acids is 2. The van der Waals surface area contributed by atoms with Crippen LogP contribution >= 0.6 is 12.4 Å². The highest BCUT2D eigenvalue weighted by molar-refractivity contribution is 5.97. The molecule has 1 atom stereocenters. The molecule has 0 aliphatic carbocycles. The predicted octanol–water partition coefficient (Wildman–Crippen LogP) is 2.51. The van der Waals surface area contributed by atoms with Crippen molar-refractivity contribution in [2.24, 2.45) is 0 Å². The van der Waals surface area contributed by atoms with E-state index in [4.69, 9.17) is 4.74 Å². The van der Waals surface area contributed by atoms with Crippen molar-refractivity contribution in [3.63, 3.8) is 0 Å². The maximum atomic E-state index is 13.2. The van der Waals surface area contributed by atoms with E-state index in [2.05, 4.69) is 31.7 Å². The fourth-order valence-corrected chi connectivity index (χ4v) is 4.30. The Hall–Kier alpha value is -1.79. The summed E-state index contributed by atoms with van der Waals surface area (Å²) >= 11 is 0. The van der Waals surface area contributed by atoms with Gasteiger partial charge in [0.15, 0.2) is 0 Å². The molecule has 0 aromatic heterocycles. The molecule has 2 amide bonds. The number of methoxy groups -OCH3 is 1. The number of piperazine rings is 1. The summed E-state index contributed by atoms with van der Waals surface area (Å²) in [5.74, 6) is 1.32. The molecule has 1 aromatic rings. The van der Waals surface area contributed by atoms with Crippen LogP contribution in [0.15, 0.2) is 18.2 Å². The molecule has 2 aliphatic heterocycles. The number of benzene rings is 1. The number of hydrogen-bond acceptors (Lipinski definition) is 4. The average Bonchev–Trinajstić information content (AvgIpc) is 2.61. The van der Waals surface area contributed by atoms with Crippen molar-refractivity contribution < 1.29 is 14.3 Å². The molecule has 1 fully saturated rings. The molecule has 150 valence electrons. The maximum absolute atomic E-state index is 13.2. The van der Waals surface area contributed by atoms with Gasteiger partial charge in [-0.05, 0) is 49.9 Å². The van der Waals surface area contributed by atoms with Gasteiger partial charge in [0.2, 0.25) is 12.3 Å². The summed E-state index contributed by atoms with van der Waals surface area (Å²) in [5, 5.41) is 0. The first kappa shape index (κ1) is 21.5. The smallest absolute Gasteiger partial charge is 0.241 e. The number of nitrogens with zero attached hydrogens (tertiary/aromatic N) is 3. The minimum Gasteiger partial charge on any atom is -0.497 e. The molecule has 7 heteroatoms. The van der Waals surface area contributed by atoms with E-state index >= 15 is 0 Å². The highest BCUT2D eigenvalue weighted by Crippen LogP contribution is 2.44. The van der Waals surface area contributed by atoms with Crippen molar-refractivity contribution in [1.82, 2.24) is 9.80 Å². The Morgan fingerprint density at radius 2 is 1.93 bits per heavy atom. The SMILES string of the molecule is COc1ccc2c(c1)C(C)CC(C)(C)N2C(=O)CN1CCN(C=O)CC1.Cl. The van der Waals surface area contributed by atoms with Crippen LogP contribution < -0.4 is 9.64 Å². The Balaban J connectivity index is 0.00000261. The van der Waals surface area contributed by atoms with E-state index in [0.717, 1.165) is 37.4 Å². The normalized spacial score (nSPS) is 21.9. The lowest BCUT2D eigenvalue weighted by atomic mass is 9.80. The number of rotatable bonds is 4. The number of ether oxygens (including phenoxy) is 1. The third kappa shape index (κ3) is 4.38. The highest BCUT2D eigenvalue weighted by atomic mass is 35.5. The number of amides is 2. The van der Waals surface area contributed by atoms with Gasteiger partial charge in [0, 0.05) is 37.4 Å². The van der Waals surface area contributed by atoms with Gasteiger partial charge in [0.05, 0.1) is 13.7 Å². The first-order chi connectivity index (χ1) is 12.4. The Morgan fingerprint density at radius 3 is 2.52 bits per heavy atom. The van der Waals surface area contributed by atoms with Gasteiger partial charge in [-0.25, -0.2) is 0 Å². The molecule has 2 heterocycles. The molecular formula is C20H30ClN3O3. The average molecular weight is 396 g/mol. The van der Waals surface area contributed by atoms with E-state index in [1.165, 1.54) is 5.56 Å². The Kier molecular flexibility index (Phi) is 6.76. The van der Waals surface area contributed by atoms with E-state index < -0.39 is 0 Å². The van der Waals surface area contributed by atoms with Crippen LogP contribution in [0, 0.1) is 0 Å². The van der Waals surface area contributed by atoms with Gasteiger partial charge in [-0.3, -0.25) is 14.5 Å². The fraction of sp³-hybridized carbons (Fsp3) is 0.600. The van der Waals surface area contributed by atoms with Gasteiger partial charge >= 0.3 is 0 Å². The third-order valence-electron chi connectivity index (χ3n) is 5.58. The molecule has 27 heavy (non-hydrogen) atoms. The fourth-order valence-electron chi connectivity index (χ4n) is 4.30. The Bertz CT molecular complexity index is 687. The van der Waals surface area contributed by atoms with Crippen molar-refractivity contribution in [1.29, 1.82) is 0 Å². The lowest BCUT2D eigenvalue weighted by Crippen LogP contribution is -2.56. The molecule has 1 saturated heterocycles. The lowest BCUT2D eigenvalue weighted by molar-refractivity contribution is -0.122. The van der Waals surface area contributed by atoms with E-state index in [9.17, 15) is 9.59 Å². The van der Waals surface area contributed by atoms with Crippen LogP contribution in [0.3, 0.4) is 0 Å². The molecule has 0 spiro atoms. The minimum absolute atomic E-state index is 0. The van der Waals surface area contributed by atoms with Gasteiger partial charge < -0.3 is 14.5 Å². The summed E-state index contributed by atoms with van der Waals surface area (Å²) in [6.45, 7) is 9.72. The lowest BCUT2D eigenvalue weighted by Gasteiger charge is -2.47. The van der Waals surface area contributed by atoms with E-state index in [1.54, 1.807) is 12.0 Å². The molecule has 6 nitrogen and oxygen atoms in total. The first-order valence-corrected chi connectivity index (χ1v) is 9.28. The highest BCUT2D eigenvalue weighted by Gasteiger charge is 2.40. The zero-order valence-corrected chi connectivity index (χ0v) is 17.4. The van der Waals surface area contributed by atoms with Gasteiger partial charge in [-0.15, -0.1) is 12.4 Å². The van der Waals surface area contributed by atoms with Crippen LogP contribution in [0.4, 0.5) is 5.69 Å². The van der Waals surface area contributed by atoms with Crippen molar-refractivity contribution in [2.45, 2.75) is 38.6 Å². The zero-order valence-electron chi connectivity index (χ0n) is 16.6. The van der Waals surface area contributed by atoms with Gasteiger partial charge in [0.25, 0.3) is 0 Å². The number of anilines is 1. The summed E-state index contributed by atoms with van der Waals surface area (Å²) in [6, 6.07) is 5.99. The maximum Gasteiger partial charge on any atom is 0.241 e. The van der Waals surface area contributed by atoms with Crippen LogP contribution in [0.2, 0.25) is 0 Å². The van der Waals surface area contributed by atoms with Crippen molar-refractivity contribution in [2.75, 3.05) is 44.7 Å². The molecule has 0 N–H and O–H groups in total. The summed E-state index contributed by atoms with van der Waals surface area (Å²) < 4.78 is 5.37. The molecule has 3 rings (SSSR count). The molecule has 0 bridgehead atoms. The third-order valence-corrected chi connectivity index (χ3v) is 5.58. The summed E-state index contributed by atoms with van der Waals surface area (Å²) in [7, 11) is 1.67. The first-order valence-electron chi connectivity index (χ1n) is 9.28. The number of hydrogen-bond donors (Lipinski definition) is 0. The van der Waals surface area contributed by atoms with Gasteiger partial charge in [-0.2, -0.15) is 0 Å². The van der Waals surface area contributed by atoms with Crippen LogP contribution in [0.25, 0.3) is 0 Å². The Labute approximate surface area is 167 Å². The molecule has 0 radical (unpaired) electrons. The molecule has 0 saturated carbocycles. The van der Waals surface area contributed by atoms with Crippen LogP contribution in [-0.2, 0) is 9.59 Å². The predicted molar refractivity (Wildman–Crippen MR) is 109 cm³/mol. The zero-order chi connectivity index (χ0) is 18.9. The minimum atomic E-state index is -0.233. The second kappa shape index (κ2) is 8.48. The van der Waals surface area contributed by atoms with Crippen LogP contribution in [0.1, 0.15) is 38.7 Å². The monoisotopic (exact) mass is 395 g/mol. The second-order valence-corrected chi connectivity index (χ2v) is 7.99. The number of fused-ring (bicyclic) bond motifs is 1. The second-order valence-electron chi connectivity index (χ2n) is 7.99. The van der Waals surface area contributed by atoms with Crippen molar-refractivity contribution >= 4 is 30.4 Å². The van der Waals surface area contributed by atoms with Crippen LogP contribution in [-0.4, -0.2) is 67.5 Å². The summed E-state index contributed by atoms with van der Waals surface area (Å²) in [6.07, 6.45) is 1.80. The molecular weight excluding hydrogens is 366 g/mol. The number of halogens is 1. The van der Waals surface area contributed by atoms with Gasteiger partial charge in [-0.1, -0.05) is 6.92 Å². The Morgan fingerprint density at radius 1 is 1.26 bits per heavy atom. The standard InChI is InChI=1S/C20H29N3O3.ClH/c1-15-12-20(2,3)23(18-6-5-16(26-4)11-17(15)18)19(25)13-21-7-9-22(14-24)10-8-21;/h5-6,11,14-15H,7-10,12-13H2,1-4H3;1H. The van der Waals surface area contributed by atoms with E-state index in [-0.39, 0.29) is 23.9 Å². The molecule has 1 unspecified atom stereocenters. The van der Waals surface area contributed by atoms with E-state index in [0.29, 0.717) is 25.6 Å². The van der Waals surface area contributed by atoms with Crippen LogP contribution in [0.5, 0.6) is 5.75 Å². The largest absolute Gasteiger partial charge is 0.497 e. The van der Waals surface area contributed by atoms with Crippen molar-refractivity contribution in [3.8, 4) is 5.75 Å². The summed E-state index contributed by atoms with van der Waals surface area (Å²) in [4.78, 5) is 30.0.